The van der Waals surface area contributed by atoms with E-state index in [1.807, 2.05) is 42.1 Å². The zero-order chi connectivity index (χ0) is 16.8. The SMILES string of the molecule is NC(Cc1ccccc1)C(=O)NCC1(N2CCOCC2)CCSC1. The highest BCUT2D eigenvalue weighted by atomic mass is 32.2. The minimum atomic E-state index is -0.497. The number of rotatable bonds is 6. The van der Waals surface area contributed by atoms with Crippen molar-refractivity contribution in [3.8, 4) is 0 Å². The fraction of sp³-hybridized carbons (Fsp3) is 0.611. The van der Waals surface area contributed by atoms with Crippen LogP contribution in [-0.4, -0.2) is 66.7 Å². The lowest BCUT2D eigenvalue weighted by Crippen LogP contribution is -2.60. The summed E-state index contributed by atoms with van der Waals surface area (Å²) in [6.07, 6.45) is 1.69. The second-order valence-electron chi connectivity index (χ2n) is 6.64. The molecule has 2 aliphatic rings. The quantitative estimate of drug-likeness (QED) is 0.798. The van der Waals surface area contributed by atoms with Gasteiger partial charge in [-0.25, -0.2) is 0 Å². The van der Waals surface area contributed by atoms with E-state index >= 15 is 0 Å². The standard InChI is InChI=1S/C18H27N3O2S/c19-16(12-15-4-2-1-3-5-15)17(22)20-13-18(6-11-24-14-18)21-7-9-23-10-8-21/h1-5,16H,6-14,19H2,(H,20,22). The topological polar surface area (TPSA) is 67.6 Å². The number of morpholine rings is 1. The number of thioether (sulfide) groups is 1. The van der Waals surface area contributed by atoms with Crippen LogP contribution < -0.4 is 11.1 Å². The van der Waals surface area contributed by atoms with Crippen molar-refractivity contribution in [3.63, 3.8) is 0 Å². The van der Waals surface area contributed by atoms with Gasteiger partial charge in [-0.3, -0.25) is 9.69 Å². The molecule has 5 nitrogen and oxygen atoms in total. The maximum atomic E-state index is 12.4. The van der Waals surface area contributed by atoms with Gasteiger partial charge in [0.2, 0.25) is 5.91 Å². The number of benzene rings is 1. The summed E-state index contributed by atoms with van der Waals surface area (Å²) in [7, 11) is 0. The molecule has 3 N–H and O–H groups in total. The number of ether oxygens (including phenoxy) is 1. The molecule has 1 aromatic carbocycles. The largest absolute Gasteiger partial charge is 0.379 e. The Balaban J connectivity index is 1.55. The molecule has 132 valence electrons. The van der Waals surface area contributed by atoms with Crippen molar-refractivity contribution in [2.24, 2.45) is 5.73 Å². The molecule has 0 saturated carbocycles. The third-order valence-electron chi connectivity index (χ3n) is 4.99. The van der Waals surface area contributed by atoms with Gasteiger partial charge in [0.25, 0.3) is 0 Å². The summed E-state index contributed by atoms with van der Waals surface area (Å²) in [4.78, 5) is 14.9. The molecule has 1 amide bonds. The average molecular weight is 350 g/mol. The molecule has 2 atom stereocenters. The molecule has 2 heterocycles. The molecule has 6 heteroatoms. The lowest BCUT2D eigenvalue weighted by atomic mass is 9.95. The highest BCUT2D eigenvalue weighted by Gasteiger charge is 2.41. The maximum Gasteiger partial charge on any atom is 0.237 e. The number of hydrogen-bond donors (Lipinski definition) is 2. The third-order valence-corrected chi connectivity index (χ3v) is 6.23. The summed E-state index contributed by atoms with van der Waals surface area (Å²) < 4.78 is 5.48. The van der Waals surface area contributed by atoms with Crippen LogP contribution in [0.1, 0.15) is 12.0 Å². The van der Waals surface area contributed by atoms with Crippen LogP contribution in [0.5, 0.6) is 0 Å². The first-order valence-corrected chi connectivity index (χ1v) is 9.83. The van der Waals surface area contributed by atoms with Crippen LogP contribution in [-0.2, 0) is 16.0 Å². The van der Waals surface area contributed by atoms with E-state index in [9.17, 15) is 4.79 Å². The molecule has 0 bridgehead atoms. The fourth-order valence-corrected chi connectivity index (χ4v) is 4.96. The van der Waals surface area contributed by atoms with Crippen molar-refractivity contribution >= 4 is 17.7 Å². The van der Waals surface area contributed by atoms with Crippen molar-refractivity contribution in [1.82, 2.24) is 10.2 Å². The van der Waals surface area contributed by atoms with Gasteiger partial charge in [0.15, 0.2) is 0 Å². The highest BCUT2D eigenvalue weighted by molar-refractivity contribution is 7.99. The minimum Gasteiger partial charge on any atom is -0.379 e. The average Bonchev–Trinajstić information content (AvgIpc) is 3.11. The predicted molar refractivity (Wildman–Crippen MR) is 98.2 cm³/mol. The van der Waals surface area contributed by atoms with Gasteiger partial charge in [-0.15, -0.1) is 0 Å². The summed E-state index contributed by atoms with van der Waals surface area (Å²) in [6.45, 7) is 4.15. The van der Waals surface area contributed by atoms with E-state index in [0.29, 0.717) is 13.0 Å². The lowest BCUT2D eigenvalue weighted by molar-refractivity contribution is -0.123. The van der Waals surface area contributed by atoms with E-state index in [-0.39, 0.29) is 11.4 Å². The van der Waals surface area contributed by atoms with E-state index < -0.39 is 6.04 Å². The summed E-state index contributed by atoms with van der Waals surface area (Å²) in [6, 6.07) is 9.44. The van der Waals surface area contributed by atoms with Gasteiger partial charge in [0.05, 0.1) is 19.3 Å². The molecule has 0 aromatic heterocycles. The highest BCUT2D eigenvalue weighted by Crippen LogP contribution is 2.33. The molecule has 0 spiro atoms. The molecule has 3 rings (SSSR count). The molecular formula is C18H27N3O2S. The Kier molecular flexibility index (Phi) is 6.16. The zero-order valence-electron chi connectivity index (χ0n) is 14.1. The molecule has 2 aliphatic heterocycles. The molecule has 0 aliphatic carbocycles. The number of carbonyl (C=O) groups is 1. The number of hydrogen-bond acceptors (Lipinski definition) is 5. The molecule has 2 fully saturated rings. The van der Waals surface area contributed by atoms with E-state index in [4.69, 9.17) is 10.5 Å². The Morgan fingerprint density at radius 2 is 2.08 bits per heavy atom. The number of carbonyl (C=O) groups excluding carboxylic acids is 1. The third kappa shape index (κ3) is 4.30. The molecule has 2 saturated heterocycles. The smallest absolute Gasteiger partial charge is 0.237 e. The second kappa shape index (κ2) is 8.34. The summed E-state index contributed by atoms with van der Waals surface area (Å²) in [5, 5.41) is 3.12. The zero-order valence-corrected chi connectivity index (χ0v) is 14.9. The molecule has 24 heavy (non-hydrogen) atoms. The van der Waals surface area contributed by atoms with Gasteiger partial charge >= 0.3 is 0 Å². The maximum absolute atomic E-state index is 12.4. The minimum absolute atomic E-state index is 0.0524. The molecule has 0 radical (unpaired) electrons. The van der Waals surface area contributed by atoms with Crippen LogP contribution in [0, 0.1) is 0 Å². The van der Waals surface area contributed by atoms with Crippen LogP contribution in [0.2, 0.25) is 0 Å². The van der Waals surface area contributed by atoms with Crippen molar-refractivity contribution < 1.29 is 9.53 Å². The molecular weight excluding hydrogens is 322 g/mol. The van der Waals surface area contributed by atoms with Gasteiger partial charge in [0.1, 0.15) is 0 Å². The van der Waals surface area contributed by atoms with Gasteiger partial charge in [-0.1, -0.05) is 30.3 Å². The Labute approximate surface area is 148 Å². The summed E-state index contributed by atoms with van der Waals surface area (Å²) in [5.41, 5.74) is 7.27. The molecule has 2 unspecified atom stereocenters. The lowest BCUT2D eigenvalue weighted by Gasteiger charge is -2.43. The number of nitrogens with one attached hydrogen (secondary N) is 1. The fourth-order valence-electron chi connectivity index (χ4n) is 3.48. The van der Waals surface area contributed by atoms with E-state index in [2.05, 4.69) is 10.2 Å². The van der Waals surface area contributed by atoms with Crippen LogP contribution >= 0.6 is 11.8 Å². The second-order valence-corrected chi connectivity index (χ2v) is 7.75. The Morgan fingerprint density at radius 1 is 1.33 bits per heavy atom. The van der Waals surface area contributed by atoms with Gasteiger partial charge in [0, 0.05) is 30.9 Å². The van der Waals surface area contributed by atoms with Crippen LogP contribution in [0.15, 0.2) is 30.3 Å². The molecule has 1 aromatic rings. The van der Waals surface area contributed by atoms with Crippen molar-refractivity contribution in [1.29, 1.82) is 0 Å². The Morgan fingerprint density at radius 3 is 2.75 bits per heavy atom. The van der Waals surface area contributed by atoms with Gasteiger partial charge in [-0.2, -0.15) is 11.8 Å². The number of nitrogens with two attached hydrogens (primary N) is 1. The summed E-state index contributed by atoms with van der Waals surface area (Å²) >= 11 is 1.97. The first-order chi connectivity index (χ1) is 11.7. The number of nitrogens with zero attached hydrogens (tertiary/aromatic N) is 1. The first kappa shape index (κ1) is 17.7. The van der Waals surface area contributed by atoms with Gasteiger partial charge < -0.3 is 15.8 Å². The van der Waals surface area contributed by atoms with Crippen LogP contribution in [0.4, 0.5) is 0 Å². The van der Waals surface area contributed by atoms with Crippen molar-refractivity contribution in [3.05, 3.63) is 35.9 Å². The Bertz CT molecular complexity index is 528. The van der Waals surface area contributed by atoms with Crippen LogP contribution in [0.25, 0.3) is 0 Å². The monoisotopic (exact) mass is 349 g/mol. The van der Waals surface area contributed by atoms with Gasteiger partial charge in [-0.05, 0) is 24.2 Å². The van der Waals surface area contributed by atoms with E-state index in [1.54, 1.807) is 0 Å². The first-order valence-electron chi connectivity index (χ1n) is 8.67. The summed E-state index contributed by atoms with van der Waals surface area (Å²) in [5.74, 6) is 2.17. The Hall–Kier alpha value is -1.08. The van der Waals surface area contributed by atoms with Crippen molar-refractivity contribution in [2.45, 2.75) is 24.4 Å². The normalized spacial score (nSPS) is 26.2. The number of amides is 1. The van der Waals surface area contributed by atoms with Crippen LogP contribution in [0.3, 0.4) is 0 Å². The van der Waals surface area contributed by atoms with E-state index in [0.717, 1.165) is 49.8 Å². The predicted octanol–water partition coefficient (Wildman–Crippen LogP) is 0.881. The van der Waals surface area contributed by atoms with Crippen molar-refractivity contribution in [2.75, 3.05) is 44.4 Å². The van der Waals surface area contributed by atoms with E-state index in [1.165, 1.54) is 0 Å².